The summed E-state index contributed by atoms with van der Waals surface area (Å²) in [5, 5.41) is 0.841. The molecule has 10 nitrogen and oxygen atoms in total. The molecule has 0 saturated heterocycles. The Morgan fingerprint density at radius 2 is 0.733 bits per heavy atom. The van der Waals surface area contributed by atoms with Gasteiger partial charge in [-0.25, -0.2) is 0 Å². The zero-order valence-electron chi connectivity index (χ0n) is 27.9. The van der Waals surface area contributed by atoms with Gasteiger partial charge in [-0.3, -0.25) is 0 Å². The SMILES string of the molecule is CCCCCCCCc1ccc(OCCOCCOCCOCCOCCOCCOCCOCCOCCOCCBr)cc1. The van der Waals surface area contributed by atoms with Gasteiger partial charge in [0.25, 0.3) is 0 Å². The van der Waals surface area contributed by atoms with E-state index >= 15 is 0 Å². The Labute approximate surface area is 281 Å². The number of rotatable bonds is 37. The molecule has 0 bridgehead atoms. The van der Waals surface area contributed by atoms with Crippen LogP contribution in [0.1, 0.15) is 51.0 Å². The van der Waals surface area contributed by atoms with Gasteiger partial charge in [0.2, 0.25) is 0 Å². The molecule has 1 aromatic rings. The van der Waals surface area contributed by atoms with Gasteiger partial charge in [-0.05, 0) is 30.5 Å². The van der Waals surface area contributed by atoms with E-state index in [2.05, 4.69) is 47.1 Å². The lowest BCUT2D eigenvalue weighted by Crippen LogP contribution is -2.15. The number of alkyl halides is 1. The van der Waals surface area contributed by atoms with E-state index < -0.39 is 0 Å². The summed E-state index contributed by atoms with van der Waals surface area (Å²) >= 11 is 3.30. The van der Waals surface area contributed by atoms with E-state index in [-0.39, 0.29) is 0 Å². The lowest BCUT2D eigenvalue weighted by Gasteiger charge is -2.09. The smallest absolute Gasteiger partial charge is 0.119 e. The number of unbranched alkanes of at least 4 members (excludes halogenated alkanes) is 5. The Morgan fingerprint density at radius 1 is 0.400 bits per heavy atom. The van der Waals surface area contributed by atoms with Gasteiger partial charge in [0.15, 0.2) is 0 Å². The van der Waals surface area contributed by atoms with Crippen LogP contribution in [-0.2, 0) is 49.1 Å². The second kappa shape index (κ2) is 36.0. The average molecular weight is 710 g/mol. The summed E-state index contributed by atoms with van der Waals surface area (Å²) in [7, 11) is 0. The van der Waals surface area contributed by atoms with Gasteiger partial charge in [-0.2, -0.15) is 0 Å². The minimum atomic E-state index is 0.524. The highest BCUT2D eigenvalue weighted by atomic mass is 79.9. The molecule has 0 radical (unpaired) electrons. The summed E-state index contributed by atoms with van der Waals surface area (Å²) in [4.78, 5) is 0. The predicted molar refractivity (Wildman–Crippen MR) is 180 cm³/mol. The second-order valence-corrected chi connectivity index (χ2v) is 11.0. The fourth-order valence-electron chi connectivity index (χ4n) is 4.00. The fourth-order valence-corrected chi connectivity index (χ4v) is 4.23. The maximum absolute atomic E-state index is 5.77. The summed E-state index contributed by atoms with van der Waals surface area (Å²) in [5.74, 6) is 0.888. The van der Waals surface area contributed by atoms with Crippen LogP contribution in [0.15, 0.2) is 24.3 Å². The summed E-state index contributed by atoms with van der Waals surface area (Å²) in [5.41, 5.74) is 1.38. The van der Waals surface area contributed by atoms with Gasteiger partial charge in [0, 0.05) is 5.33 Å². The van der Waals surface area contributed by atoms with E-state index in [4.69, 9.17) is 47.4 Å². The third-order valence-electron chi connectivity index (χ3n) is 6.44. The van der Waals surface area contributed by atoms with Crippen molar-refractivity contribution in [2.75, 3.05) is 131 Å². The number of halogens is 1. The molecular formula is C34H61BrO10. The first-order valence-electron chi connectivity index (χ1n) is 16.8. The first kappa shape index (κ1) is 42.2. The topological polar surface area (TPSA) is 92.3 Å². The lowest BCUT2D eigenvalue weighted by molar-refractivity contribution is -0.0251. The maximum atomic E-state index is 5.77. The highest BCUT2D eigenvalue weighted by molar-refractivity contribution is 9.09. The molecule has 0 N–H and O–H groups in total. The Hall–Kier alpha value is -0.860. The molecule has 0 aliphatic rings. The van der Waals surface area contributed by atoms with Crippen molar-refractivity contribution in [1.29, 1.82) is 0 Å². The highest BCUT2D eigenvalue weighted by Crippen LogP contribution is 2.15. The van der Waals surface area contributed by atoms with E-state index in [1.807, 2.05) is 0 Å². The Balaban J connectivity index is 1.71. The van der Waals surface area contributed by atoms with Crippen LogP contribution in [0.3, 0.4) is 0 Å². The van der Waals surface area contributed by atoms with Crippen molar-refractivity contribution in [1.82, 2.24) is 0 Å². The van der Waals surface area contributed by atoms with Crippen LogP contribution < -0.4 is 4.74 Å². The Bertz CT molecular complexity index is 698. The third kappa shape index (κ3) is 31.5. The first-order chi connectivity index (χ1) is 22.4. The molecule has 1 aromatic carbocycles. The van der Waals surface area contributed by atoms with Crippen molar-refractivity contribution in [2.24, 2.45) is 0 Å². The molecule has 0 unspecified atom stereocenters. The largest absolute Gasteiger partial charge is 0.491 e. The Morgan fingerprint density at radius 3 is 1.11 bits per heavy atom. The van der Waals surface area contributed by atoms with Gasteiger partial charge in [-0.15, -0.1) is 0 Å². The number of hydrogen-bond donors (Lipinski definition) is 0. The zero-order chi connectivity index (χ0) is 32.1. The van der Waals surface area contributed by atoms with Crippen molar-refractivity contribution < 1.29 is 47.4 Å². The van der Waals surface area contributed by atoms with Gasteiger partial charge < -0.3 is 47.4 Å². The molecular weight excluding hydrogens is 648 g/mol. The minimum absolute atomic E-state index is 0.524. The van der Waals surface area contributed by atoms with Crippen LogP contribution in [-0.4, -0.2) is 131 Å². The van der Waals surface area contributed by atoms with Crippen molar-refractivity contribution in [3.05, 3.63) is 29.8 Å². The summed E-state index contributed by atoms with van der Waals surface area (Å²) in [6.45, 7) is 12.7. The second-order valence-electron chi connectivity index (χ2n) is 10.2. The normalized spacial score (nSPS) is 11.4. The van der Waals surface area contributed by atoms with Crippen LogP contribution in [0.4, 0.5) is 0 Å². The van der Waals surface area contributed by atoms with Crippen molar-refractivity contribution in [2.45, 2.75) is 51.9 Å². The number of ether oxygens (including phenoxy) is 10. The number of hydrogen-bond acceptors (Lipinski definition) is 10. The van der Waals surface area contributed by atoms with Crippen molar-refractivity contribution in [3.8, 4) is 5.75 Å². The molecule has 0 aromatic heterocycles. The van der Waals surface area contributed by atoms with Gasteiger partial charge >= 0.3 is 0 Å². The van der Waals surface area contributed by atoms with E-state index in [9.17, 15) is 0 Å². The average Bonchev–Trinajstić information content (AvgIpc) is 3.06. The molecule has 0 fully saturated rings. The van der Waals surface area contributed by atoms with Crippen LogP contribution in [0, 0.1) is 0 Å². The Kier molecular flexibility index (Phi) is 33.7. The molecule has 0 atom stereocenters. The van der Waals surface area contributed by atoms with Crippen LogP contribution in [0.25, 0.3) is 0 Å². The number of aryl methyl sites for hydroxylation is 1. The van der Waals surface area contributed by atoms with Crippen molar-refractivity contribution in [3.63, 3.8) is 0 Å². The molecule has 11 heteroatoms. The first-order valence-corrected chi connectivity index (χ1v) is 18.0. The molecule has 0 aliphatic heterocycles. The zero-order valence-corrected chi connectivity index (χ0v) is 29.4. The molecule has 45 heavy (non-hydrogen) atoms. The summed E-state index contributed by atoms with van der Waals surface area (Å²) < 4.78 is 55.0. The number of benzene rings is 1. The van der Waals surface area contributed by atoms with E-state index in [0.29, 0.717) is 126 Å². The quantitative estimate of drug-likeness (QED) is 0.0651. The van der Waals surface area contributed by atoms with E-state index in [1.165, 1.54) is 44.1 Å². The third-order valence-corrected chi connectivity index (χ3v) is 6.76. The molecule has 264 valence electrons. The molecule has 0 spiro atoms. The molecule has 0 amide bonds. The molecule has 0 saturated carbocycles. The van der Waals surface area contributed by atoms with Gasteiger partial charge in [0.1, 0.15) is 12.4 Å². The van der Waals surface area contributed by atoms with E-state index in [1.54, 1.807) is 0 Å². The minimum Gasteiger partial charge on any atom is -0.491 e. The summed E-state index contributed by atoms with van der Waals surface area (Å²) in [6.07, 6.45) is 9.11. The molecule has 0 aliphatic carbocycles. The van der Waals surface area contributed by atoms with Crippen LogP contribution in [0.5, 0.6) is 5.75 Å². The van der Waals surface area contributed by atoms with Crippen LogP contribution in [0.2, 0.25) is 0 Å². The lowest BCUT2D eigenvalue weighted by atomic mass is 10.0. The highest BCUT2D eigenvalue weighted by Gasteiger charge is 1.99. The monoisotopic (exact) mass is 708 g/mol. The maximum Gasteiger partial charge on any atom is 0.119 e. The molecule has 1 rings (SSSR count). The standard InChI is InChI=1S/C34H61BrO10/c1-2-3-4-5-6-7-8-33-9-11-34(12-10-33)45-32-31-44-30-29-43-28-27-42-26-25-41-24-23-40-22-21-39-20-19-38-18-17-37-16-15-36-14-13-35/h9-12H,2-8,13-32H2,1H3. The molecule has 0 heterocycles. The fraction of sp³-hybridized carbons (Fsp3) is 0.824. The van der Waals surface area contributed by atoms with Crippen LogP contribution >= 0.6 is 15.9 Å². The summed E-state index contributed by atoms with van der Waals surface area (Å²) in [6, 6.07) is 8.44. The van der Waals surface area contributed by atoms with E-state index in [0.717, 1.165) is 17.5 Å². The van der Waals surface area contributed by atoms with Crippen molar-refractivity contribution >= 4 is 15.9 Å². The van der Waals surface area contributed by atoms with Gasteiger partial charge in [-0.1, -0.05) is 67.1 Å². The van der Waals surface area contributed by atoms with Gasteiger partial charge in [0.05, 0.1) is 119 Å². The predicted octanol–water partition coefficient (Wildman–Crippen LogP) is 5.51.